The van der Waals surface area contributed by atoms with Crippen molar-refractivity contribution >= 4 is 17.5 Å². The summed E-state index contributed by atoms with van der Waals surface area (Å²) in [5.41, 5.74) is 4.07. The topological polar surface area (TPSA) is 105 Å². The highest BCUT2D eigenvalue weighted by atomic mass is 16.2. The maximum absolute atomic E-state index is 12.7. The van der Waals surface area contributed by atoms with Crippen molar-refractivity contribution in [3.05, 3.63) is 87.8 Å². The number of nitrogens with zero attached hydrogens (tertiary/aromatic N) is 3. The SMILES string of the molecule is Cc1cccc(NC(=O)Nc2cc(-c3ccccc3)nn2-c2nc(C)c(C)c(=O)[nH]2)c1. The van der Waals surface area contributed by atoms with Crippen molar-refractivity contribution in [3.8, 4) is 17.2 Å². The highest BCUT2D eigenvalue weighted by molar-refractivity contribution is 5.99. The summed E-state index contributed by atoms with van der Waals surface area (Å²) < 4.78 is 1.42. The van der Waals surface area contributed by atoms with Crippen molar-refractivity contribution < 1.29 is 4.79 Å². The van der Waals surface area contributed by atoms with E-state index in [0.717, 1.165) is 11.1 Å². The smallest absolute Gasteiger partial charge is 0.308 e. The van der Waals surface area contributed by atoms with Crippen LogP contribution in [0, 0.1) is 20.8 Å². The van der Waals surface area contributed by atoms with E-state index in [1.54, 1.807) is 19.9 Å². The van der Waals surface area contributed by atoms with Gasteiger partial charge in [0.15, 0.2) is 0 Å². The van der Waals surface area contributed by atoms with Crippen molar-refractivity contribution in [1.82, 2.24) is 19.7 Å². The molecule has 8 nitrogen and oxygen atoms in total. The zero-order chi connectivity index (χ0) is 22.0. The molecule has 0 fully saturated rings. The van der Waals surface area contributed by atoms with Gasteiger partial charge in [-0.05, 0) is 38.5 Å². The number of rotatable bonds is 4. The molecule has 0 bridgehead atoms. The van der Waals surface area contributed by atoms with E-state index in [-0.39, 0.29) is 11.5 Å². The fourth-order valence-electron chi connectivity index (χ4n) is 3.11. The number of aromatic amines is 1. The van der Waals surface area contributed by atoms with Crippen LogP contribution < -0.4 is 16.2 Å². The number of anilines is 2. The molecule has 0 spiro atoms. The number of nitrogens with one attached hydrogen (secondary N) is 3. The number of benzene rings is 2. The number of carbonyl (C=O) groups excluding carboxylic acids is 1. The van der Waals surface area contributed by atoms with E-state index in [1.807, 2.05) is 61.5 Å². The summed E-state index contributed by atoms with van der Waals surface area (Å²) in [5, 5.41) is 10.2. The Balaban J connectivity index is 1.72. The van der Waals surface area contributed by atoms with Gasteiger partial charge >= 0.3 is 6.03 Å². The Labute approximate surface area is 179 Å². The largest absolute Gasteiger partial charge is 0.324 e. The van der Waals surface area contributed by atoms with Crippen LogP contribution in [0.3, 0.4) is 0 Å². The van der Waals surface area contributed by atoms with Gasteiger partial charge in [0.2, 0.25) is 5.95 Å². The molecule has 8 heteroatoms. The molecule has 4 rings (SSSR count). The Bertz CT molecular complexity index is 1310. The third-order valence-corrected chi connectivity index (χ3v) is 4.88. The molecular formula is C23H22N6O2. The molecule has 2 aromatic heterocycles. The van der Waals surface area contributed by atoms with Gasteiger partial charge in [-0.2, -0.15) is 9.78 Å². The molecule has 2 aromatic carbocycles. The number of carbonyl (C=O) groups is 1. The van der Waals surface area contributed by atoms with E-state index >= 15 is 0 Å². The van der Waals surface area contributed by atoms with Gasteiger partial charge in [-0.1, -0.05) is 42.5 Å². The molecule has 0 aliphatic carbocycles. The molecule has 0 saturated heterocycles. The molecule has 2 heterocycles. The number of hydrogen-bond acceptors (Lipinski definition) is 4. The minimum Gasteiger partial charge on any atom is -0.308 e. The first-order valence-electron chi connectivity index (χ1n) is 9.79. The van der Waals surface area contributed by atoms with E-state index in [9.17, 15) is 9.59 Å². The molecule has 156 valence electrons. The van der Waals surface area contributed by atoms with Crippen molar-refractivity contribution in [1.29, 1.82) is 0 Å². The molecule has 0 aliphatic rings. The maximum Gasteiger partial charge on any atom is 0.324 e. The summed E-state index contributed by atoms with van der Waals surface area (Å²) in [7, 11) is 0. The van der Waals surface area contributed by atoms with Gasteiger partial charge in [0, 0.05) is 28.6 Å². The Kier molecular flexibility index (Phi) is 5.36. The van der Waals surface area contributed by atoms with Gasteiger partial charge in [0.05, 0.1) is 5.69 Å². The second-order valence-corrected chi connectivity index (χ2v) is 7.24. The molecule has 0 atom stereocenters. The van der Waals surface area contributed by atoms with Crippen molar-refractivity contribution in [2.45, 2.75) is 20.8 Å². The Morgan fingerprint density at radius 1 is 0.968 bits per heavy atom. The van der Waals surface area contributed by atoms with Crippen LogP contribution >= 0.6 is 0 Å². The number of H-pyrrole nitrogens is 1. The number of aromatic nitrogens is 4. The number of aryl methyl sites for hydroxylation is 2. The second-order valence-electron chi connectivity index (χ2n) is 7.24. The van der Waals surface area contributed by atoms with Gasteiger partial charge in [-0.25, -0.2) is 9.78 Å². The van der Waals surface area contributed by atoms with Crippen LogP contribution in [0.1, 0.15) is 16.8 Å². The zero-order valence-electron chi connectivity index (χ0n) is 17.4. The summed E-state index contributed by atoms with van der Waals surface area (Å²) in [6.07, 6.45) is 0. The summed E-state index contributed by atoms with van der Waals surface area (Å²) in [6.45, 7) is 5.41. The number of hydrogen-bond donors (Lipinski definition) is 3. The predicted octanol–water partition coefficient (Wildman–Crippen LogP) is 4.19. The highest BCUT2D eigenvalue weighted by Gasteiger charge is 2.16. The Hall–Kier alpha value is -4.20. The second kappa shape index (κ2) is 8.27. The van der Waals surface area contributed by atoms with Crippen LogP contribution in [0.4, 0.5) is 16.3 Å². The minimum atomic E-state index is -0.433. The van der Waals surface area contributed by atoms with Gasteiger partial charge in [-0.3, -0.25) is 15.1 Å². The quantitative estimate of drug-likeness (QED) is 0.466. The van der Waals surface area contributed by atoms with Crippen LogP contribution in [0.5, 0.6) is 0 Å². The molecule has 0 aliphatic heterocycles. The standard InChI is InChI=1S/C23H22N6O2/c1-14-8-7-11-18(12-14)25-23(31)26-20-13-19(17-9-5-4-6-10-17)28-29(20)22-24-16(3)15(2)21(30)27-22/h4-13H,1-3H3,(H,24,27,30)(H2,25,26,31). The van der Waals surface area contributed by atoms with E-state index < -0.39 is 6.03 Å². The van der Waals surface area contributed by atoms with E-state index in [0.29, 0.717) is 28.5 Å². The van der Waals surface area contributed by atoms with E-state index in [1.165, 1.54) is 4.68 Å². The predicted molar refractivity (Wildman–Crippen MR) is 121 cm³/mol. The first-order chi connectivity index (χ1) is 14.9. The van der Waals surface area contributed by atoms with Gasteiger partial charge in [-0.15, -0.1) is 0 Å². The average molecular weight is 414 g/mol. The Morgan fingerprint density at radius 2 is 1.74 bits per heavy atom. The summed E-state index contributed by atoms with van der Waals surface area (Å²) in [4.78, 5) is 32.1. The maximum atomic E-state index is 12.7. The number of amides is 2. The van der Waals surface area contributed by atoms with Crippen molar-refractivity contribution in [2.24, 2.45) is 0 Å². The minimum absolute atomic E-state index is 0.223. The third kappa shape index (κ3) is 4.37. The lowest BCUT2D eigenvalue weighted by Gasteiger charge is -2.10. The molecule has 0 saturated carbocycles. The average Bonchev–Trinajstić information content (AvgIpc) is 3.16. The fourth-order valence-corrected chi connectivity index (χ4v) is 3.11. The Morgan fingerprint density at radius 3 is 2.45 bits per heavy atom. The van der Waals surface area contributed by atoms with Gasteiger partial charge in [0.25, 0.3) is 5.56 Å². The zero-order valence-corrected chi connectivity index (χ0v) is 17.4. The highest BCUT2D eigenvalue weighted by Crippen LogP contribution is 2.24. The fraction of sp³-hybridized carbons (Fsp3) is 0.130. The van der Waals surface area contributed by atoms with Gasteiger partial charge in [0.1, 0.15) is 5.82 Å². The lowest BCUT2D eigenvalue weighted by Crippen LogP contribution is -2.23. The normalized spacial score (nSPS) is 10.7. The first-order valence-corrected chi connectivity index (χ1v) is 9.79. The van der Waals surface area contributed by atoms with Crippen molar-refractivity contribution in [3.63, 3.8) is 0 Å². The summed E-state index contributed by atoms with van der Waals surface area (Å²) in [6, 6.07) is 18.4. The number of urea groups is 1. The van der Waals surface area contributed by atoms with Crippen LogP contribution in [-0.2, 0) is 0 Å². The molecule has 0 unspecified atom stereocenters. The molecule has 3 N–H and O–H groups in total. The van der Waals surface area contributed by atoms with Crippen LogP contribution in [0.15, 0.2) is 65.5 Å². The molecular weight excluding hydrogens is 392 g/mol. The van der Waals surface area contributed by atoms with Crippen LogP contribution in [-0.4, -0.2) is 25.8 Å². The molecule has 31 heavy (non-hydrogen) atoms. The van der Waals surface area contributed by atoms with E-state index in [2.05, 4.69) is 25.7 Å². The first kappa shape index (κ1) is 20.1. The van der Waals surface area contributed by atoms with E-state index in [4.69, 9.17) is 0 Å². The third-order valence-electron chi connectivity index (χ3n) is 4.88. The lowest BCUT2D eigenvalue weighted by atomic mass is 10.2. The van der Waals surface area contributed by atoms with Gasteiger partial charge < -0.3 is 5.32 Å². The van der Waals surface area contributed by atoms with Crippen LogP contribution in [0.2, 0.25) is 0 Å². The summed E-state index contributed by atoms with van der Waals surface area (Å²) in [5.74, 6) is 0.594. The monoisotopic (exact) mass is 414 g/mol. The van der Waals surface area contributed by atoms with Crippen LogP contribution in [0.25, 0.3) is 17.2 Å². The molecule has 0 radical (unpaired) electrons. The lowest BCUT2D eigenvalue weighted by molar-refractivity contribution is 0.262. The molecule has 2 amide bonds. The summed E-state index contributed by atoms with van der Waals surface area (Å²) >= 11 is 0. The van der Waals surface area contributed by atoms with Crippen molar-refractivity contribution in [2.75, 3.05) is 10.6 Å². The molecule has 4 aromatic rings.